The van der Waals surface area contributed by atoms with Crippen LogP contribution in [0, 0.1) is 0 Å². The summed E-state index contributed by atoms with van der Waals surface area (Å²) in [5.74, 6) is 1.15. The second-order valence-electron chi connectivity index (χ2n) is 4.60. The number of ether oxygens (including phenoxy) is 4. The highest BCUT2D eigenvalue weighted by atomic mass is 79.9. The summed E-state index contributed by atoms with van der Waals surface area (Å²) in [7, 11) is 3.09. The van der Waals surface area contributed by atoms with Gasteiger partial charge in [0.05, 0.1) is 4.48 Å². The molecule has 6 heteroatoms. The van der Waals surface area contributed by atoms with E-state index < -0.39 is 0 Å². The van der Waals surface area contributed by atoms with Crippen LogP contribution >= 0.6 is 15.9 Å². The van der Waals surface area contributed by atoms with Gasteiger partial charge in [-0.05, 0) is 51.7 Å². The number of fused-ring (bicyclic) bond motifs is 1. The molecular weight excluding hydrogens is 340 g/mol. The fraction of sp³-hybridized carbons (Fsp3) is 0.400. The van der Waals surface area contributed by atoms with E-state index in [1.165, 1.54) is 0 Å². The highest BCUT2D eigenvalue weighted by molar-refractivity contribution is 9.12. The van der Waals surface area contributed by atoms with Crippen molar-refractivity contribution in [2.24, 2.45) is 0 Å². The van der Waals surface area contributed by atoms with Crippen LogP contribution in [0.1, 0.15) is 18.1 Å². The Morgan fingerprint density at radius 2 is 1.67 bits per heavy atom. The summed E-state index contributed by atoms with van der Waals surface area (Å²) in [5.41, 5.74) is 2.77. The molecule has 1 aromatic carbocycles. The van der Waals surface area contributed by atoms with Crippen molar-refractivity contribution in [3.63, 3.8) is 0 Å². The van der Waals surface area contributed by atoms with Crippen LogP contribution in [-0.4, -0.2) is 33.6 Å². The predicted molar refractivity (Wildman–Crippen MR) is 81.7 cm³/mol. The molecule has 0 bridgehead atoms. The van der Waals surface area contributed by atoms with Gasteiger partial charge >= 0.3 is 0 Å². The molecule has 0 spiro atoms. The number of rotatable bonds is 6. The average Bonchev–Trinajstić information content (AvgIpc) is 2.48. The first kappa shape index (κ1) is 16.0. The van der Waals surface area contributed by atoms with Crippen molar-refractivity contribution >= 4 is 27.3 Å². The topological polar surface area (TPSA) is 54.0 Å². The Bertz CT molecular complexity index is 580. The van der Waals surface area contributed by atoms with Crippen molar-refractivity contribution in [2.75, 3.05) is 27.8 Å². The molecule has 0 unspecified atom stereocenters. The molecule has 0 N–H and O–H groups in total. The maximum Gasteiger partial charge on any atom is 0.188 e. The van der Waals surface area contributed by atoms with Gasteiger partial charge in [-0.25, -0.2) is 0 Å². The van der Waals surface area contributed by atoms with E-state index in [-0.39, 0.29) is 19.4 Å². The van der Waals surface area contributed by atoms with Gasteiger partial charge in [0.1, 0.15) is 0 Å². The molecule has 0 heterocycles. The minimum Gasteiger partial charge on any atom is -0.464 e. The highest BCUT2D eigenvalue weighted by Gasteiger charge is 2.24. The second-order valence-corrected chi connectivity index (χ2v) is 5.39. The molecule has 0 aromatic heterocycles. The SMILES string of the molecule is COCOc1cc2c(cc1OCOC)C(C)=C(Br)C(=O)C2. The monoisotopic (exact) mass is 356 g/mol. The fourth-order valence-electron chi connectivity index (χ4n) is 2.15. The largest absolute Gasteiger partial charge is 0.464 e. The Morgan fingerprint density at radius 1 is 1.10 bits per heavy atom. The van der Waals surface area contributed by atoms with Crippen molar-refractivity contribution in [2.45, 2.75) is 13.3 Å². The number of benzene rings is 1. The van der Waals surface area contributed by atoms with Crippen LogP contribution in [0.4, 0.5) is 0 Å². The maximum absolute atomic E-state index is 11.9. The van der Waals surface area contributed by atoms with Crippen molar-refractivity contribution in [3.05, 3.63) is 27.7 Å². The van der Waals surface area contributed by atoms with Gasteiger partial charge in [0.2, 0.25) is 0 Å². The minimum atomic E-state index is 0.0586. The number of Topliss-reactive ketones (excluding diaryl/α,β-unsaturated/α-hetero) is 1. The van der Waals surface area contributed by atoms with Crippen molar-refractivity contribution in [1.82, 2.24) is 0 Å². The Labute approximate surface area is 132 Å². The van der Waals surface area contributed by atoms with E-state index in [9.17, 15) is 4.79 Å². The number of hydrogen-bond acceptors (Lipinski definition) is 5. The normalized spacial score (nSPS) is 14.2. The Balaban J connectivity index is 2.44. The summed E-state index contributed by atoms with van der Waals surface area (Å²) in [5, 5.41) is 0. The van der Waals surface area contributed by atoms with Crippen molar-refractivity contribution in [1.29, 1.82) is 0 Å². The Morgan fingerprint density at radius 3 is 2.24 bits per heavy atom. The molecule has 114 valence electrons. The molecule has 0 fully saturated rings. The molecule has 0 atom stereocenters. The highest BCUT2D eigenvalue weighted by Crippen LogP contribution is 2.39. The van der Waals surface area contributed by atoms with Crippen LogP contribution in [0.2, 0.25) is 0 Å². The van der Waals surface area contributed by atoms with Gasteiger partial charge in [0, 0.05) is 20.6 Å². The molecule has 5 nitrogen and oxygen atoms in total. The van der Waals surface area contributed by atoms with E-state index >= 15 is 0 Å². The van der Waals surface area contributed by atoms with Crippen LogP contribution in [0.5, 0.6) is 11.5 Å². The van der Waals surface area contributed by atoms with Gasteiger partial charge in [-0.1, -0.05) is 0 Å². The lowest BCUT2D eigenvalue weighted by Crippen LogP contribution is -2.13. The summed E-state index contributed by atoms with van der Waals surface area (Å²) < 4.78 is 21.5. The standard InChI is InChI=1S/C15H17BrO5/c1-9-11-6-14(21-8-19-3)13(20-7-18-2)5-10(11)4-12(17)15(9)16/h5-6H,4,7-8H2,1-3H3. The average molecular weight is 357 g/mol. The number of methoxy groups -OCH3 is 2. The Kier molecular flexibility index (Phi) is 5.39. The summed E-state index contributed by atoms with van der Waals surface area (Å²) in [6.45, 7) is 2.12. The quantitative estimate of drug-likeness (QED) is 0.733. The summed E-state index contributed by atoms with van der Waals surface area (Å²) >= 11 is 3.34. The number of ketones is 1. The first-order valence-corrected chi connectivity index (χ1v) is 7.18. The van der Waals surface area contributed by atoms with E-state index in [0.717, 1.165) is 16.7 Å². The molecule has 1 aromatic rings. The van der Waals surface area contributed by atoms with Gasteiger partial charge in [-0.2, -0.15) is 0 Å². The predicted octanol–water partition coefficient (Wildman–Crippen LogP) is 2.90. The number of carbonyl (C=O) groups excluding carboxylic acids is 1. The van der Waals surface area contributed by atoms with Crippen LogP contribution in [0.3, 0.4) is 0 Å². The zero-order valence-electron chi connectivity index (χ0n) is 12.2. The van der Waals surface area contributed by atoms with Crippen LogP contribution in [-0.2, 0) is 20.7 Å². The van der Waals surface area contributed by atoms with Crippen molar-refractivity contribution in [3.8, 4) is 11.5 Å². The van der Waals surface area contributed by atoms with Gasteiger partial charge in [-0.15, -0.1) is 0 Å². The third-order valence-electron chi connectivity index (χ3n) is 3.16. The molecule has 0 saturated carbocycles. The molecule has 2 rings (SSSR count). The molecule has 0 aliphatic heterocycles. The lowest BCUT2D eigenvalue weighted by molar-refractivity contribution is -0.114. The van der Waals surface area contributed by atoms with Crippen LogP contribution in [0.25, 0.3) is 5.57 Å². The van der Waals surface area contributed by atoms with Crippen LogP contribution in [0.15, 0.2) is 16.6 Å². The molecule has 21 heavy (non-hydrogen) atoms. The van der Waals surface area contributed by atoms with E-state index in [1.54, 1.807) is 14.2 Å². The molecule has 0 radical (unpaired) electrons. The summed E-state index contributed by atoms with van der Waals surface area (Å²) in [6.07, 6.45) is 0.334. The van der Waals surface area contributed by atoms with Crippen LogP contribution < -0.4 is 9.47 Å². The van der Waals surface area contributed by atoms with Crippen molar-refractivity contribution < 1.29 is 23.7 Å². The first-order chi connectivity index (χ1) is 10.1. The molecule has 1 aliphatic carbocycles. The lowest BCUT2D eigenvalue weighted by Gasteiger charge is -2.21. The maximum atomic E-state index is 11.9. The van der Waals surface area contributed by atoms with E-state index in [1.807, 2.05) is 19.1 Å². The fourth-order valence-corrected chi connectivity index (χ4v) is 2.50. The number of hydrogen-bond donors (Lipinski definition) is 0. The third-order valence-corrected chi connectivity index (χ3v) is 4.20. The first-order valence-electron chi connectivity index (χ1n) is 6.38. The number of carbonyl (C=O) groups is 1. The zero-order valence-corrected chi connectivity index (χ0v) is 13.8. The molecule has 0 saturated heterocycles. The lowest BCUT2D eigenvalue weighted by atomic mass is 9.90. The summed E-state index contributed by atoms with van der Waals surface area (Å²) in [4.78, 5) is 11.9. The number of halogens is 1. The number of allylic oxidation sites excluding steroid dienone is 2. The van der Waals surface area contributed by atoms with Gasteiger partial charge < -0.3 is 18.9 Å². The van der Waals surface area contributed by atoms with E-state index in [4.69, 9.17) is 18.9 Å². The van der Waals surface area contributed by atoms with Gasteiger partial charge in [0.25, 0.3) is 0 Å². The zero-order chi connectivity index (χ0) is 15.4. The third kappa shape index (κ3) is 3.45. The molecule has 0 amide bonds. The smallest absolute Gasteiger partial charge is 0.188 e. The van der Waals surface area contributed by atoms with Gasteiger partial charge in [-0.3, -0.25) is 4.79 Å². The molecule has 1 aliphatic rings. The van der Waals surface area contributed by atoms with Gasteiger partial charge in [0.15, 0.2) is 30.9 Å². The molecular formula is C15H17BrO5. The van der Waals surface area contributed by atoms with E-state index in [2.05, 4.69) is 15.9 Å². The summed E-state index contributed by atoms with van der Waals surface area (Å²) in [6, 6.07) is 3.68. The minimum absolute atomic E-state index is 0.0586. The second kappa shape index (κ2) is 7.06. The van der Waals surface area contributed by atoms with E-state index in [0.29, 0.717) is 22.4 Å². The Hall–Kier alpha value is -1.37.